The van der Waals surface area contributed by atoms with Gasteiger partial charge in [-0.1, -0.05) is 0 Å². The van der Waals surface area contributed by atoms with Gasteiger partial charge in [0.1, 0.15) is 0 Å². The SMILES string of the molecule is COc1ccc2cc(C(=O)N[C@@H]3C4CCN(CC4)C34CC4)sc2c1F. The maximum Gasteiger partial charge on any atom is 0.261 e. The van der Waals surface area contributed by atoms with E-state index in [9.17, 15) is 9.18 Å². The number of carbonyl (C=O) groups is 1. The van der Waals surface area contributed by atoms with Gasteiger partial charge in [-0.05, 0) is 68.3 Å². The molecule has 3 saturated heterocycles. The molecule has 1 spiro atoms. The summed E-state index contributed by atoms with van der Waals surface area (Å²) >= 11 is 1.21. The summed E-state index contributed by atoms with van der Waals surface area (Å²) in [6.07, 6.45) is 4.72. The van der Waals surface area contributed by atoms with E-state index >= 15 is 0 Å². The van der Waals surface area contributed by atoms with E-state index in [1.54, 1.807) is 18.2 Å². The van der Waals surface area contributed by atoms with Crippen molar-refractivity contribution >= 4 is 27.3 Å². The molecule has 4 nitrogen and oxygen atoms in total. The molecule has 1 N–H and O–H groups in total. The summed E-state index contributed by atoms with van der Waals surface area (Å²) in [4.78, 5) is 16.0. The number of ether oxygens (including phenoxy) is 1. The fraction of sp³-hybridized carbons (Fsp3) is 0.526. The van der Waals surface area contributed by atoms with Crippen molar-refractivity contribution in [3.05, 3.63) is 28.9 Å². The van der Waals surface area contributed by atoms with E-state index in [1.807, 2.05) is 0 Å². The Kier molecular flexibility index (Phi) is 3.38. The van der Waals surface area contributed by atoms with Crippen molar-refractivity contribution in [1.82, 2.24) is 10.2 Å². The first-order valence-electron chi connectivity index (χ1n) is 8.94. The molecule has 6 rings (SSSR count). The number of hydrogen-bond donors (Lipinski definition) is 1. The maximum absolute atomic E-state index is 14.4. The number of hydrogen-bond acceptors (Lipinski definition) is 4. The number of benzene rings is 1. The summed E-state index contributed by atoms with van der Waals surface area (Å²) in [7, 11) is 1.45. The monoisotopic (exact) mass is 360 g/mol. The Morgan fingerprint density at radius 2 is 2.12 bits per heavy atom. The number of amides is 1. The lowest BCUT2D eigenvalue weighted by Crippen LogP contribution is -2.65. The highest BCUT2D eigenvalue weighted by molar-refractivity contribution is 7.20. The number of piperidine rings is 3. The normalized spacial score (nSPS) is 29.1. The van der Waals surface area contributed by atoms with E-state index < -0.39 is 0 Å². The van der Waals surface area contributed by atoms with Crippen LogP contribution in [0.3, 0.4) is 0 Å². The van der Waals surface area contributed by atoms with Gasteiger partial charge in [-0.25, -0.2) is 4.39 Å². The second kappa shape index (κ2) is 5.42. The lowest BCUT2D eigenvalue weighted by molar-refractivity contribution is -0.00138. The highest BCUT2D eigenvalue weighted by Gasteiger charge is 2.60. The molecule has 4 aliphatic rings. The highest BCUT2D eigenvalue weighted by atomic mass is 32.1. The Balaban J connectivity index is 1.43. The minimum atomic E-state index is -0.384. The van der Waals surface area contributed by atoms with Gasteiger partial charge in [-0.2, -0.15) is 0 Å². The van der Waals surface area contributed by atoms with Gasteiger partial charge in [0, 0.05) is 5.54 Å². The van der Waals surface area contributed by atoms with E-state index in [1.165, 1.54) is 57.2 Å². The van der Waals surface area contributed by atoms with Gasteiger partial charge in [-0.15, -0.1) is 11.3 Å². The number of carbonyl (C=O) groups excluding carboxylic acids is 1. The van der Waals surface area contributed by atoms with Gasteiger partial charge >= 0.3 is 0 Å². The maximum atomic E-state index is 14.4. The summed E-state index contributed by atoms with van der Waals surface area (Å²) in [6.45, 7) is 2.34. The molecule has 1 aromatic carbocycles. The van der Waals surface area contributed by atoms with Gasteiger partial charge in [-0.3, -0.25) is 9.69 Å². The standard InChI is InChI=1S/C19H21FN2O2S/c1-24-13-3-2-12-10-14(25-16(12)15(13)20)18(23)21-17-11-4-8-22(9-5-11)19(17)6-7-19/h2-3,10-11,17H,4-9H2,1H3,(H,21,23)/t17-/m1/s1. The van der Waals surface area contributed by atoms with Crippen molar-refractivity contribution in [3.63, 3.8) is 0 Å². The fourth-order valence-electron chi connectivity index (χ4n) is 4.85. The van der Waals surface area contributed by atoms with Gasteiger partial charge in [0.25, 0.3) is 5.91 Å². The predicted octanol–water partition coefficient (Wildman–Crippen LogP) is 3.41. The Morgan fingerprint density at radius 1 is 1.36 bits per heavy atom. The largest absolute Gasteiger partial charge is 0.494 e. The van der Waals surface area contributed by atoms with Crippen molar-refractivity contribution in [3.8, 4) is 5.75 Å². The molecule has 4 heterocycles. The quantitative estimate of drug-likeness (QED) is 0.912. The second-order valence-corrected chi connectivity index (χ2v) is 8.54. The number of fused-ring (bicyclic) bond motifs is 3. The van der Waals surface area contributed by atoms with Crippen LogP contribution in [-0.2, 0) is 0 Å². The minimum absolute atomic E-state index is 0.0652. The van der Waals surface area contributed by atoms with Crippen molar-refractivity contribution < 1.29 is 13.9 Å². The molecule has 25 heavy (non-hydrogen) atoms. The van der Waals surface area contributed by atoms with Gasteiger partial charge in [0.15, 0.2) is 11.6 Å². The number of halogens is 1. The number of methoxy groups -OCH3 is 1. The van der Waals surface area contributed by atoms with Gasteiger partial charge in [0.2, 0.25) is 0 Å². The van der Waals surface area contributed by atoms with Crippen LogP contribution in [0.25, 0.3) is 10.1 Å². The summed E-state index contributed by atoms with van der Waals surface area (Å²) in [6, 6.07) is 5.45. The smallest absolute Gasteiger partial charge is 0.261 e. The van der Waals surface area contributed by atoms with Gasteiger partial charge in [0.05, 0.1) is 22.7 Å². The van der Waals surface area contributed by atoms with Crippen molar-refractivity contribution in [2.75, 3.05) is 20.2 Å². The van der Waals surface area contributed by atoms with E-state index in [4.69, 9.17) is 4.74 Å². The molecule has 1 aromatic heterocycles. The molecule has 0 radical (unpaired) electrons. The third kappa shape index (κ3) is 2.23. The predicted molar refractivity (Wildman–Crippen MR) is 95.9 cm³/mol. The van der Waals surface area contributed by atoms with Crippen LogP contribution in [0.2, 0.25) is 0 Å². The van der Waals surface area contributed by atoms with Gasteiger partial charge < -0.3 is 10.1 Å². The Hall–Kier alpha value is -1.66. The Labute approximate surface area is 150 Å². The van der Waals surface area contributed by atoms with Crippen LogP contribution in [-0.4, -0.2) is 42.6 Å². The van der Waals surface area contributed by atoms with Crippen LogP contribution < -0.4 is 10.1 Å². The van der Waals surface area contributed by atoms with Crippen LogP contribution in [0.4, 0.5) is 4.39 Å². The third-order valence-corrected chi connectivity index (χ3v) is 7.45. The highest BCUT2D eigenvalue weighted by Crippen LogP contribution is 2.53. The molecule has 3 aliphatic heterocycles. The number of thiophene rings is 1. The zero-order valence-corrected chi connectivity index (χ0v) is 15.0. The molecule has 6 heteroatoms. The van der Waals surface area contributed by atoms with E-state index in [0.717, 1.165) is 5.39 Å². The molecule has 1 saturated carbocycles. The van der Waals surface area contributed by atoms with Crippen molar-refractivity contribution in [2.24, 2.45) is 5.92 Å². The van der Waals surface area contributed by atoms with Crippen LogP contribution in [0.1, 0.15) is 35.4 Å². The van der Waals surface area contributed by atoms with Crippen molar-refractivity contribution in [2.45, 2.75) is 37.3 Å². The van der Waals surface area contributed by atoms with E-state index in [0.29, 0.717) is 15.5 Å². The van der Waals surface area contributed by atoms with Crippen LogP contribution in [0.5, 0.6) is 5.75 Å². The summed E-state index contributed by atoms with van der Waals surface area (Å²) in [5.41, 5.74) is 0.210. The molecule has 132 valence electrons. The molecule has 1 amide bonds. The lowest BCUT2D eigenvalue weighted by atomic mass is 9.77. The average molecular weight is 360 g/mol. The first-order chi connectivity index (χ1) is 12.1. The molecule has 1 atom stereocenters. The zero-order valence-electron chi connectivity index (χ0n) is 14.2. The molecule has 0 unspecified atom stereocenters. The Bertz CT molecular complexity index is 852. The molecular formula is C19H21FN2O2S. The van der Waals surface area contributed by atoms with Crippen LogP contribution >= 0.6 is 11.3 Å². The number of nitrogens with one attached hydrogen (secondary N) is 1. The topological polar surface area (TPSA) is 41.6 Å². The second-order valence-electron chi connectivity index (χ2n) is 7.49. The molecule has 1 aliphatic carbocycles. The summed E-state index contributed by atoms with van der Waals surface area (Å²) < 4.78 is 19.9. The average Bonchev–Trinajstić information content (AvgIpc) is 3.28. The first-order valence-corrected chi connectivity index (χ1v) is 9.76. The zero-order chi connectivity index (χ0) is 17.2. The minimum Gasteiger partial charge on any atom is -0.494 e. The molecule has 2 bridgehead atoms. The molecule has 2 aromatic rings. The number of nitrogens with zero attached hydrogens (tertiary/aromatic N) is 1. The van der Waals surface area contributed by atoms with E-state index in [2.05, 4.69) is 10.2 Å². The van der Waals surface area contributed by atoms with Crippen LogP contribution in [0.15, 0.2) is 18.2 Å². The lowest BCUT2D eigenvalue weighted by Gasteiger charge is -2.52. The Morgan fingerprint density at radius 3 is 2.80 bits per heavy atom. The fourth-order valence-corrected chi connectivity index (χ4v) is 5.85. The summed E-state index contributed by atoms with van der Waals surface area (Å²) in [5, 5.41) is 4.06. The number of rotatable bonds is 3. The van der Waals surface area contributed by atoms with E-state index in [-0.39, 0.29) is 29.1 Å². The molecular weight excluding hydrogens is 339 g/mol. The first kappa shape index (κ1) is 15.6. The van der Waals surface area contributed by atoms with Crippen molar-refractivity contribution in [1.29, 1.82) is 0 Å². The third-order valence-electron chi connectivity index (χ3n) is 6.30. The van der Waals surface area contributed by atoms with Crippen LogP contribution in [0, 0.1) is 11.7 Å². The molecule has 4 fully saturated rings. The summed E-state index contributed by atoms with van der Waals surface area (Å²) in [5.74, 6) is 0.355.